The molecule has 1 aliphatic rings. The predicted molar refractivity (Wildman–Crippen MR) is 63.7 cm³/mol. The van der Waals surface area contributed by atoms with Gasteiger partial charge in [0.15, 0.2) is 4.67 Å². The number of ether oxygens (including phenoxy) is 1. The minimum Gasteiger partial charge on any atom is -0.480 e. The molecule has 1 N–H and O–H groups in total. The molecule has 2 rings (SSSR count). The lowest BCUT2D eigenvalue weighted by atomic mass is 9.96. The van der Waals surface area contributed by atoms with Crippen molar-refractivity contribution in [1.82, 2.24) is 4.90 Å². The van der Waals surface area contributed by atoms with Gasteiger partial charge in [0.25, 0.3) is 0 Å². The van der Waals surface area contributed by atoms with E-state index in [1.165, 1.54) is 0 Å². The van der Waals surface area contributed by atoms with Crippen molar-refractivity contribution in [2.24, 2.45) is 0 Å². The van der Waals surface area contributed by atoms with Gasteiger partial charge in [0.2, 0.25) is 0 Å². The van der Waals surface area contributed by atoms with Crippen LogP contribution in [0, 0.1) is 0 Å². The van der Waals surface area contributed by atoms with Crippen LogP contribution in [0.3, 0.4) is 0 Å². The smallest absolute Gasteiger partial charge is 0.329 e. The SMILES string of the molecule is CC1(OCC(=O)O)CN(Cc2ccc(Br)o2)C1. The molecule has 1 aliphatic heterocycles. The Morgan fingerprint density at radius 2 is 2.35 bits per heavy atom. The van der Waals surface area contributed by atoms with Crippen LogP contribution in [0.15, 0.2) is 21.2 Å². The zero-order valence-corrected chi connectivity index (χ0v) is 11.1. The highest BCUT2D eigenvalue weighted by Crippen LogP contribution is 2.27. The van der Waals surface area contributed by atoms with Crippen molar-refractivity contribution in [2.75, 3.05) is 19.7 Å². The Hall–Kier alpha value is -0.850. The van der Waals surface area contributed by atoms with Crippen molar-refractivity contribution in [2.45, 2.75) is 19.1 Å². The highest BCUT2D eigenvalue weighted by Gasteiger charge is 2.40. The summed E-state index contributed by atoms with van der Waals surface area (Å²) < 4.78 is 11.4. The summed E-state index contributed by atoms with van der Waals surface area (Å²) in [6, 6.07) is 3.77. The number of hydrogen-bond donors (Lipinski definition) is 1. The third-order valence-electron chi connectivity index (χ3n) is 2.67. The van der Waals surface area contributed by atoms with Crippen LogP contribution in [0.5, 0.6) is 0 Å². The van der Waals surface area contributed by atoms with Gasteiger partial charge in [-0.2, -0.15) is 0 Å². The van der Waals surface area contributed by atoms with Gasteiger partial charge in [-0.25, -0.2) is 4.79 Å². The molecule has 2 heterocycles. The summed E-state index contributed by atoms with van der Waals surface area (Å²) in [4.78, 5) is 12.5. The second-order valence-corrected chi connectivity index (χ2v) is 5.26. The van der Waals surface area contributed by atoms with Gasteiger partial charge in [-0.1, -0.05) is 0 Å². The van der Waals surface area contributed by atoms with Gasteiger partial charge in [0.1, 0.15) is 12.4 Å². The molecule has 17 heavy (non-hydrogen) atoms. The van der Waals surface area contributed by atoms with Crippen molar-refractivity contribution in [1.29, 1.82) is 0 Å². The maximum absolute atomic E-state index is 10.4. The third-order valence-corrected chi connectivity index (χ3v) is 3.09. The number of halogens is 1. The van der Waals surface area contributed by atoms with Crippen molar-refractivity contribution in [3.8, 4) is 0 Å². The molecule has 0 atom stereocenters. The number of carbonyl (C=O) groups is 1. The Balaban J connectivity index is 1.76. The zero-order chi connectivity index (χ0) is 12.5. The van der Waals surface area contributed by atoms with Gasteiger partial charge in [-0.15, -0.1) is 0 Å². The van der Waals surface area contributed by atoms with Crippen molar-refractivity contribution >= 4 is 21.9 Å². The molecule has 1 fully saturated rings. The number of likely N-dealkylation sites (tertiary alicyclic amines) is 1. The number of hydrogen-bond acceptors (Lipinski definition) is 4. The van der Waals surface area contributed by atoms with Gasteiger partial charge in [0, 0.05) is 13.1 Å². The van der Waals surface area contributed by atoms with E-state index in [9.17, 15) is 4.79 Å². The molecule has 0 radical (unpaired) electrons. The first-order valence-electron chi connectivity index (χ1n) is 5.29. The Morgan fingerprint density at radius 1 is 1.65 bits per heavy atom. The van der Waals surface area contributed by atoms with E-state index < -0.39 is 5.97 Å². The fourth-order valence-electron chi connectivity index (χ4n) is 2.00. The maximum atomic E-state index is 10.4. The Kier molecular flexibility index (Phi) is 3.56. The second-order valence-electron chi connectivity index (χ2n) is 4.48. The van der Waals surface area contributed by atoms with Crippen LogP contribution in [-0.2, 0) is 16.1 Å². The first-order valence-corrected chi connectivity index (χ1v) is 6.08. The monoisotopic (exact) mass is 303 g/mol. The van der Waals surface area contributed by atoms with Crippen LogP contribution in [0.2, 0.25) is 0 Å². The fourth-order valence-corrected chi connectivity index (χ4v) is 2.34. The van der Waals surface area contributed by atoms with Crippen LogP contribution in [0.4, 0.5) is 0 Å². The number of carboxylic acids is 1. The van der Waals surface area contributed by atoms with Crippen molar-refractivity contribution < 1.29 is 19.1 Å². The van der Waals surface area contributed by atoms with E-state index in [2.05, 4.69) is 20.8 Å². The van der Waals surface area contributed by atoms with Gasteiger partial charge in [-0.05, 0) is 35.0 Å². The first kappa shape index (κ1) is 12.6. The molecular formula is C11H14BrNO4. The van der Waals surface area contributed by atoms with Crippen LogP contribution >= 0.6 is 15.9 Å². The summed E-state index contributed by atoms with van der Waals surface area (Å²) in [6.07, 6.45) is 0. The van der Waals surface area contributed by atoms with Crippen molar-refractivity contribution in [3.63, 3.8) is 0 Å². The summed E-state index contributed by atoms with van der Waals surface area (Å²) in [5, 5.41) is 8.54. The van der Waals surface area contributed by atoms with E-state index in [-0.39, 0.29) is 12.2 Å². The number of carboxylic acid groups (broad SMARTS) is 1. The molecule has 0 amide bonds. The highest BCUT2D eigenvalue weighted by atomic mass is 79.9. The number of nitrogens with zero attached hydrogens (tertiary/aromatic N) is 1. The molecule has 1 aromatic heterocycles. The molecule has 0 bridgehead atoms. The Labute approximate surface area is 107 Å². The molecule has 6 heteroatoms. The highest BCUT2D eigenvalue weighted by molar-refractivity contribution is 9.10. The summed E-state index contributed by atoms with van der Waals surface area (Å²) in [6.45, 7) is 3.84. The quantitative estimate of drug-likeness (QED) is 0.897. The summed E-state index contributed by atoms with van der Waals surface area (Å²) in [7, 11) is 0. The van der Waals surface area contributed by atoms with E-state index in [1.54, 1.807) is 0 Å². The van der Waals surface area contributed by atoms with Crippen LogP contribution in [-0.4, -0.2) is 41.3 Å². The molecule has 5 nitrogen and oxygen atoms in total. The molecule has 94 valence electrons. The molecule has 0 aromatic carbocycles. The molecule has 0 spiro atoms. The maximum Gasteiger partial charge on any atom is 0.329 e. The predicted octanol–water partition coefficient (Wildman–Crippen LogP) is 1.72. The summed E-state index contributed by atoms with van der Waals surface area (Å²) in [5.74, 6) is -0.0446. The minimum absolute atomic E-state index is 0.239. The van der Waals surface area contributed by atoms with Gasteiger partial charge < -0.3 is 14.3 Å². The van der Waals surface area contributed by atoms with E-state index in [1.807, 2.05) is 19.1 Å². The van der Waals surface area contributed by atoms with E-state index in [4.69, 9.17) is 14.3 Å². The van der Waals surface area contributed by atoms with Crippen molar-refractivity contribution in [3.05, 3.63) is 22.6 Å². The standard InChI is InChI=1S/C11H14BrNO4/c1-11(16-5-10(14)15)6-13(7-11)4-8-2-3-9(12)17-8/h2-3H,4-7H2,1H3,(H,14,15). The Morgan fingerprint density at radius 3 is 2.88 bits per heavy atom. The largest absolute Gasteiger partial charge is 0.480 e. The molecule has 0 unspecified atom stereocenters. The average Bonchev–Trinajstić information content (AvgIpc) is 2.59. The van der Waals surface area contributed by atoms with Gasteiger partial charge in [0.05, 0.1) is 12.1 Å². The second kappa shape index (κ2) is 4.80. The minimum atomic E-state index is -0.931. The van der Waals surface area contributed by atoms with Crippen LogP contribution in [0.1, 0.15) is 12.7 Å². The van der Waals surface area contributed by atoms with E-state index >= 15 is 0 Å². The lowest BCUT2D eigenvalue weighted by Crippen LogP contribution is -2.61. The number of furan rings is 1. The lowest BCUT2D eigenvalue weighted by Gasteiger charge is -2.46. The van der Waals surface area contributed by atoms with Crippen LogP contribution < -0.4 is 0 Å². The molecular weight excluding hydrogens is 290 g/mol. The summed E-state index contributed by atoms with van der Waals surface area (Å²) >= 11 is 3.25. The molecule has 1 saturated heterocycles. The average molecular weight is 304 g/mol. The fraction of sp³-hybridized carbons (Fsp3) is 0.545. The van der Waals surface area contributed by atoms with E-state index in [0.717, 1.165) is 30.1 Å². The van der Waals surface area contributed by atoms with E-state index in [0.29, 0.717) is 0 Å². The van der Waals surface area contributed by atoms with Gasteiger partial charge in [-0.3, -0.25) is 4.90 Å². The molecule has 0 saturated carbocycles. The van der Waals surface area contributed by atoms with Crippen LogP contribution in [0.25, 0.3) is 0 Å². The Bertz CT molecular complexity index is 411. The number of aliphatic carboxylic acids is 1. The topological polar surface area (TPSA) is 62.9 Å². The number of rotatable bonds is 5. The summed E-state index contributed by atoms with van der Waals surface area (Å²) in [5.41, 5.74) is -0.345. The lowest BCUT2D eigenvalue weighted by molar-refractivity contribution is -0.166. The normalized spacial score (nSPS) is 18.9. The third kappa shape index (κ3) is 3.31. The van der Waals surface area contributed by atoms with Gasteiger partial charge >= 0.3 is 5.97 Å². The molecule has 1 aromatic rings. The molecule has 0 aliphatic carbocycles. The zero-order valence-electron chi connectivity index (χ0n) is 9.48. The first-order chi connectivity index (χ1) is 7.97.